The molecule has 0 bridgehead atoms. The maximum absolute atomic E-state index is 6.07. The molecule has 0 saturated carbocycles. The van der Waals surface area contributed by atoms with Crippen molar-refractivity contribution in [2.75, 3.05) is 12.0 Å². The van der Waals surface area contributed by atoms with Crippen molar-refractivity contribution in [1.29, 1.82) is 0 Å². The van der Waals surface area contributed by atoms with Crippen LogP contribution in [-0.2, 0) is 0 Å². The first-order chi connectivity index (χ1) is 19.5. The van der Waals surface area contributed by atoms with Gasteiger partial charge < -0.3 is 24.3 Å². The van der Waals surface area contributed by atoms with Crippen LogP contribution in [0.2, 0.25) is 0 Å². The summed E-state index contributed by atoms with van der Waals surface area (Å²) in [7, 11) is 1.65. The Balaban J connectivity index is 1.38. The predicted octanol–water partition coefficient (Wildman–Crippen LogP) is 6.86. The number of pyridine rings is 2. The molecule has 1 N–H and O–H groups in total. The van der Waals surface area contributed by atoms with Gasteiger partial charge in [-0.1, -0.05) is 12.1 Å². The summed E-state index contributed by atoms with van der Waals surface area (Å²) < 4.78 is 13.5. The molecule has 200 valence electrons. The lowest BCUT2D eigenvalue weighted by Crippen LogP contribution is -2.29. The number of nitrogens with zero attached hydrogens (tertiary/aromatic N) is 4. The smallest absolute Gasteiger partial charge is 0.174 e. The monoisotopic (exact) mass is 547 g/mol. The molecule has 5 aromatic rings. The first-order valence-electron chi connectivity index (χ1n) is 13.1. The number of hydrogen-bond acceptors (Lipinski definition) is 5. The fraction of sp³-hybridized carbons (Fsp3) is 0.156. The third-order valence-corrected chi connectivity index (χ3v) is 7.49. The Morgan fingerprint density at radius 3 is 2.08 bits per heavy atom. The number of rotatable bonds is 7. The summed E-state index contributed by atoms with van der Waals surface area (Å²) >= 11 is 5.94. The molecule has 4 heterocycles. The molecule has 0 aliphatic carbocycles. The standard InChI is InChI=1S/C32H29N5O2S/c1-21-20-27(22(2)36(21)29-9-5-7-19-34-29)31-30(28-8-4-6-18-33-28)35-32(40)37(31)23-10-12-25(13-11-23)39-26-16-14-24(38-3)15-17-26/h4-20,30-31H,1-3H3,(H,35,40)/t30-,31-/m1/s1. The van der Waals surface area contributed by atoms with E-state index in [9.17, 15) is 0 Å². The molecule has 7 nitrogen and oxygen atoms in total. The number of aryl methyl sites for hydroxylation is 1. The van der Waals surface area contributed by atoms with Crippen molar-refractivity contribution >= 4 is 23.0 Å². The SMILES string of the molecule is COc1ccc(Oc2ccc(N3C(=S)N[C@H](c4ccccn4)[C@H]3c3cc(C)n(-c4ccccn4)c3C)cc2)cc1. The Bertz CT molecular complexity index is 1620. The molecule has 1 saturated heterocycles. The van der Waals surface area contributed by atoms with E-state index in [1.165, 1.54) is 0 Å². The zero-order valence-corrected chi connectivity index (χ0v) is 23.3. The van der Waals surface area contributed by atoms with Crippen LogP contribution in [0.1, 0.15) is 34.7 Å². The average Bonchev–Trinajstić information content (AvgIpc) is 3.49. The van der Waals surface area contributed by atoms with E-state index < -0.39 is 0 Å². The second-order valence-electron chi connectivity index (χ2n) is 9.62. The van der Waals surface area contributed by atoms with Gasteiger partial charge in [0.25, 0.3) is 0 Å². The molecule has 3 aromatic heterocycles. The van der Waals surface area contributed by atoms with Crippen molar-refractivity contribution in [1.82, 2.24) is 19.9 Å². The minimum atomic E-state index is -0.137. The zero-order chi connectivity index (χ0) is 27.6. The minimum Gasteiger partial charge on any atom is -0.497 e. The van der Waals surface area contributed by atoms with Crippen molar-refractivity contribution in [2.45, 2.75) is 25.9 Å². The van der Waals surface area contributed by atoms with Gasteiger partial charge in [0.15, 0.2) is 5.11 Å². The number of methoxy groups -OCH3 is 1. The average molecular weight is 548 g/mol. The molecule has 0 amide bonds. The normalized spacial score (nSPS) is 16.6. The van der Waals surface area contributed by atoms with Gasteiger partial charge in [-0.05, 0) is 110 Å². The van der Waals surface area contributed by atoms with Crippen molar-refractivity contribution < 1.29 is 9.47 Å². The van der Waals surface area contributed by atoms with Crippen LogP contribution in [0.4, 0.5) is 5.69 Å². The molecule has 40 heavy (non-hydrogen) atoms. The number of nitrogens with one attached hydrogen (secondary N) is 1. The lowest BCUT2D eigenvalue weighted by Gasteiger charge is -2.28. The highest BCUT2D eigenvalue weighted by Gasteiger charge is 2.42. The highest BCUT2D eigenvalue weighted by atomic mass is 32.1. The van der Waals surface area contributed by atoms with E-state index >= 15 is 0 Å². The Kier molecular flexibility index (Phi) is 6.92. The summed E-state index contributed by atoms with van der Waals surface area (Å²) in [6.45, 7) is 4.25. The van der Waals surface area contributed by atoms with Crippen molar-refractivity contribution in [2.24, 2.45) is 0 Å². The van der Waals surface area contributed by atoms with Crippen molar-refractivity contribution in [3.63, 3.8) is 0 Å². The van der Waals surface area contributed by atoms with Gasteiger partial charge in [-0.2, -0.15) is 0 Å². The number of aromatic nitrogens is 3. The van der Waals surface area contributed by atoms with Gasteiger partial charge in [0.2, 0.25) is 0 Å². The van der Waals surface area contributed by atoms with Gasteiger partial charge >= 0.3 is 0 Å². The number of ether oxygens (including phenoxy) is 2. The van der Waals surface area contributed by atoms with Crippen LogP contribution in [-0.4, -0.2) is 26.8 Å². The minimum absolute atomic E-state index is 0.126. The molecule has 2 aromatic carbocycles. The van der Waals surface area contributed by atoms with E-state index in [-0.39, 0.29) is 12.1 Å². The summed E-state index contributed by atoms with van der Waals surface area (Å²) in [4.78, 5) is 11.5. The van der Waals surface area contributed by atoms with Crippen LogP contribution < -0.4 is 19.7 Å². The first-order valence-corrected chi connectivity index (χ1v) is 13.5. The van der Waals surface area contributed by atoms with E-state index in [0.717, 1.165) is 51.4 Å². The number of benzene rings is 2. The van der Waals surface area contributed by atoms with Gasteiger partial charge in [0.1, 0.15) is 23.1 Å². The second kappa shape index (κ2) is 10.8. The van der Waals surface area contributed by atoms with Crippen LogP contribution in [0.3, 0.4) is 0 Å². The summed E-state index contributed by atoms with van der Waals surface area (Å²) in [5, 5.41) is 4.20. The lowest BCUT2D eigenvalue weighted by atomic mass is 9.96. The van der Waals surface area contributed by atoms with E-state index in [4.69, 9.17) is 26.7 Å². The number of hydrogen-bond donors (Lipinski definition) is 1. The van der Waals surface area contributed by atoms with Crippen LogP contribution in [0.15, 0.2) is 103 Å². The molecule has 6 rings (SSSR count). The first kappa shape index (κ1) is 25.6. The fourth-order valence-corrected chi connectivity index (χ4v) is 5.68. The molecule has 0 radical (unpaired) electrons. The molecule has 1 fully saturated rings. The Hall–Kier alpha value is -4.69. The predicted molar refractivity (Wildman–Crippen MR) is 160 cm³/mol. The molecular formula is C32H29N5O2S. The maximum Gasteiger partial charge on any atom is 0.174 e. The molecule has 8 heteroatoms. The summed E-state index contributed by atoms with van der Waals surface area (Å²) in [5.41, 5.74) is 5.26. The van der Waals surface area contributed by atoms with Crippen molar-refractivity contribution in [3.8, 4) is 23.1 Å². The third kappa shape index (κ3) is 4.78. The van der Waals surface area contributed by atoms with E-state index in [2.05, 4.69) is 39.7 Å². The highest BCUT2D eigenvalue weighted by molar-refractivity contribution is 7.80. The topological polar surface area (TPSA) is 64.4 Å². The molecule has 1 aliphatic rings. The zero-order valence-electron chi connectivity index (χ0n) is 22.5. The molecule has 0 spiro atoms. The van der Waals surface area contributed by atoms with Gasteiger partial charge in [-0.25, -0.2) is 4.98 Å². The number of anilines is 1. The Labute approximate surface area is 239 Å². The Morgan fingerprint density at radius 2 is 1.45 bits per heavy atom. The van der Waals surface area contributed by atoms with Crippen LogP contribution >= 0.6 is 12.2 Å². The molecule has 0 unspecified atom stereocenters. The van der Waals surface area contributed by atoms with Crippen LogP contribution in [0, 0.1) is 13.8 Å². The van der Waals surface area contributed by atoms with E-state index in [1.54, 1.807) is 7.11 Å². The van der Waals surface area contributed by atoms with Crippen LogP contribution in [0.5, 0.6) is 17.2 Å². The van der Waals surface area contributed by atoms with Crippen LogP contribution in [0.25, 0.3) is 5.82 Å². The number of thiocarbonyl (C=S) groups is 1. The maximum atomic E-state index is 6.07. The Morgan fingerprint density at radius 1 is 0.800 bits per heavy atom. The summed E-state index contributed by atoms with van der Waals surface area (Å²) in [6.07, 6.45) is 3.64. The van der Waals surface area contributed by atoms with Crippen molar-refractivity contribution in [3.05, 3.63) is 126 Å². The molecule has 1 aliphatic heterocycles. The van der Waals surface area contributed by atoms with Gasteiger partial charge in [0.05, 0.1) is 24.9 Å². The molecular weight excluding hydrogens is 518 g/mol. The summed E-state index contributed by atoms with van der Waals surface area (Å²) in [6, 6.07) is 29.4. The van der Waals surface area contributed by atoms with Gasteiger partial charge in [-0.15, -0.1) is 0 Å². The van der Waals surface area contributed by atoms with E-state index in [1.807, 2.05) is 97.3 Å². The largest absolute Gasteiger partial charge is 0.497 e. The second-order valence-corrected chi connectivity index (χ2v) is 10.0. The molecule has 2 atom stereocenters. The summed E-state index contributed by atoms with van der Waals surface area (Å²) in [5.74, 6) is 3.15. The van der Waals surface area contributed by atoms with Gasteiger partial charge in [-0.3, -0.25) is 4.98 Å². The quantitative estimate of drug-likeness (QED) is 0.223. The third-order valence-electron chi connectivity index (χ3n) is 7.18. The fourth-order valence-electron chi connectivity index (χ4n) is 5.33. The van der Waals surface area contributed by atoms with Gasteiger partial charge in [0, 0.05) is 29.5 Å². The van der Waals surface area contributed by atoms with E-state index in [0.29, 0.717) is 5.11 Å². The highest BCUT2D eigenvalue weighted by Crippen LogP contribution is 2.44. The lowest BCUT2D eigenvalue weighted by molar-refractivity contribution is 0.413.